The van der Waals surface area contributed by atoms with Crippen LogP contribution in [0, 0.1) is 0 Å². The molecule has 140 valence electrons. The molecule has 2 unspecified atom stereocenters. The summed E-state index contributed by atoms with van der Waals surface area (Å²) in [6.45, 7) is 4.07. The third-order valence-electron chi connectivity index (χ3n) is 5.81. The molecule has 0 bridgehead atoms. The standard InChI is InChI=1S/C23H29N3Se/c1-25(2)17-8-10-19-21(13-17)27-22-14-18(26(3)4)9-11-20(22)23(19)15-6-5-7-16(24)12-15/h8-11,13-16H,1,5-7,12,24H2,2-4H3/q+2. The molecule has 0 amide bonds. The maximum absolute atomic E-state index is 6.37. The second kappa shape index (κ2) is 7.35. The van der Waals surface area contributed by atoms with Crippen LogP contribution in [0.5, 0.6) is 0 Å². The van der Waals surface area contributed by atoms with Crippen LogP contribution in [-0.2, 0) is 0 Å². The topological polar surface area (TPSA) is 32.0 Å². The van der Waals surface area contributed by atoms with Gasteiger partial charge in [0.25, 0.3) is 0 Å². The second-order valence-corrected chi connectivity index (χ2v) is 10.4. The van der Waals surface area contributed by atoms with Crippen molar-refractivity contribution in [2.75, 3.05) is 21.1 Å². The van der Waals surface area contributed by atoms with Crippen LogP contribution in [0.3, 0.4) is 0 Å². The Labute approximate surface area is 167 Å². The van der Waals surface area contributed by atoms with Gasteiger partial charge in [-0.3, -0.25) is 0 Å². The molecule has 4 heteroatoms. The van der Waals surface area contributed by atoms with E-state index in [1.165, 1.54) is 49.1 Å². The van der Waals surface area contributed by atoms with Crippen molar-refractivity contribution in [2.24, 2.45) is 5.73 Å². The van der Waals surface area contributed by atoms with Crippen LogP contribution < -0.4 is 15.7 Å². The first kappa shape index (κ1) is 18.6. The Bertz CT molecular complexity index is 1060. The molecular weight excluding hydrogens is 397 g/mol. The molecule has 1 aromatic carbocycles. The monoisotopic (exact) mass is 427 g/mol. The Kier molecular flexibility index (Phi) is 5.07. The van der Waals surface area contributed by atoms with Gasteiger partial charge < -0.3 is 0 Å². The average Bonchev–Trinajstić information content (AvgIpc) is 2.64. The molecule has 2 aliphatic carbocycles. The van der Waals surface area contributed by atoms with Gasteiger partial charge in [-0.2, -0.15) is 0 Å². The van der Waals surface area contributed by atoms with E-state index in [-0.39, 0.29) is 0 Å². The SMILES string of the molecule is C=[N+](C)c1ccc2c(C3CCCC(N)C3)c3ccc(=[N+](C)C)cc-3[se]c2c1. The molecule has 4 rings (SSSR count). The van der Waals surface area contributed by atoms with E-state index in [9.17, 15) is 0 Å². The third kappa shape index (κ3) is 3.54. The third-order valence-corrected chi connectivity index (χ3v) is 8.15. The first-order chi connectivity index (χ1) is 12.9. The predicted molar refractivity (Wildman–Crippen MR) is 117 cm³/mol. The molecule has 1 saturated carbocycles. The van der Waals surface area contributed by atoms with Crippen molar-refractivity contribution < 1.29 is 4.58 Å². The Morgan fingerprint density at radius 2 is 1.89 bits per heavy atom. The second-order valence-electron chi connectivity index (χ2n) is 8.09. The van der Waals surface area contributed by atoms with E-state index in [2.05, 4.69) is 61.8 Å². The zero-order valence-electron chi connectivity index (χ0n) is 16.5. The van der Waals surface area contributed by atoms with E-state index in [4.69, 9.17) is 5.73 Å². The molecule has 2 atom stereocenters. The molecule has 0 saturated heterocycles. The van der Waals surface area contributed by atoms with Gasteiger partial charge in [-0.1, -0.05) is 0 Å². The van der Waals surface area contributed by atoms with E-state index >= 15 is 0 Å². The quantitative estimate of drug-likeness (QED) is 0.291. The molecule has 1 aromatic rings. The predicted octanol–water partition coefficient (Wildman–Crippen LogP) is 2.99. The zero-order chi connectivity index (χ0) is 19.1. The minimum atomic E-state index is 0.309. The van der Waals surface area contributed by atoms with Crippen LogP contribution in [0.25, 0.3) is 19.6 Å². The molecule has 0 radical (unpaired) electrons. The van der Waals surface area contributed by atoms with Crippen molar-refractivity contribution >= 4 is 36.6 Å². The summed E-state index contributed by atoms with van der Waals surface area (Å²) in [6.07, 6.45) is 4.76. The molecule has 1 heterocycles. The molecule has 0 spiro atoms. The molecule has 27 heavy (non-hydrogen) atoms. The minimum absolute atomic E-state index is 0.309. The Morgan fingerprint density at radius 1 is 1.07 bits per heavy atom. The average molecular weight is 426 g/mol. The fourth-order valence-corrected chi connectivity index (χ4v) is 6.80. The van der Waals surface area contributed by atoms with Crippen molar-refractivity contribution in [2.45, 2.75) is 37.6 Å². The summed E-state index contributed by atoms with van der Waals surface area (Å²) in [5, 5.41) is 2.73. The molecule has 1 fully saturated rings. The van der Waals surface area contributed by atoms with Crippen LogP contribution in [0.1, 0.15) is 37.2 Å². The van der Waals surface area contributed by atoms with Crippen LogP contribution in [-0.4, -0.2) is 53.0 Å². The fraction of sp³-hybridized carbons (Fsp3) is 0.391. The van der Waals surface area contributed by atoms with Gasteiger partial charge >= 0.3 is 168 Å². The molecule has 3 nitrogen and oxygen atoms in total. The van der Waals surface area contributed by atoms with Gasteiger partial charge in [-0.05, 0) is 0 Å². The zero-order valence-corrected chi connectivity index (χ0v) is 18.2. The summed E-state index contributed by atoms with van der Waals surface area (Å²) in [5.74, 6) is 0.566. The Balaban J connectivity index is 2.04. The number of benzene rings is 2. The number of fused-ring (bicyclic) bond motifs is 2. The van der Waals surface area contributed by atoms with E-state index in [1.807, 2.05) is 11.6 Å². The maximum atomic E-state index is 6.37. The van der Waals surface area contributed by atoms with Gasteiger partial charge in [-0.15, -0.1) is 0 Å². The number of nitrogens with two attached hydrogens (primary N) is 1. The fourth-order valence-electron chi connectivity index (χ4n) is 4.34. The number of rotatable bonds is 2. The van der Waals surface area contributed by atoms with Crippen molar-refractivity contribution in [3.63, 3.8) is 0 Å². The molecule has 2 N–H and O–H groups in total. The summed E-state index contributed by atoms with van der Waals surface area (Å²) in [7, 11) is 6.25. The van der Waals surface area contributed by atoms with Crippen LogP contribution in [0.4, 0.5) is 5.69 Å². The molecule has 3 aliphatic rings. The van der Waals surface area contributed by atoms with Gasteiger partial charge in [0, 0.05) is 0 Å². The van der Waals surface area contributed by atoms with Crippen molar-refractivity contribution in [3.8, 4) is 10.0 Å². The van der Waals surface area contributed by atoms with Crippen LogP contribution in [0.2, 0.25) is 0 Å². The molecule has 0 aromatic heterocycles. The number of hydrogen-bond donors (Lipinski definition) is 1. The van der Waals surface area contributed by atoms with E-state index in [0.29, 0.717) is 26.5 Å². The first-order valence-electron chi connectivity index (χ1n) is 9.74. The van der Waals surface area contributed by atoms with E-state index < -0.39 is 0 Å². The van der Waals surface area contributed by atoms with Gasteiger partial charge in [0.1, 0.15) is 0 Å². The van der Waals surface area contributed by atoms with Gasteiger partial charge in [0.05, 0.1) is 0 Å². The van der Waals surface area contributed by atoms with Gasteiger partial charge in [-0.25, -0.2) is 0 Å². The number of nitrogens with zero attached hydrogens (tertiary/aromatic N) is 2. The summed E-state index contributed by atoms with van der Waals surface area (Å²) in [5.41, 5.74) is 10.5. The molecular formula is C23H29N3Se+2. The summed E-state index contributed by atoms with van der Waals surface area (Å²) in [4.78, 5) is 0. The van der Waals surface area contributed by atoms with Crippen molar-refractivity contribution in [1.29, 1.82) is 0 Å². The summed E-state index contributed by atoms with van der Waals surface area (Å²) >= 11 is 0.309. The van der Waals surface area contributed by atoms with E-state index in [0.717, 1.165) is 12.8 Å². The summed E-state index contributed by atoms with van der Waals surface area (Å²) in [6, 6.07) is 14.2. The van der Waals surface area contributed by atoms with Crippen molar-refractivity contribution in [1.82, 2.24) is 4.58 Å². The Hall–Kier alpha value is -1.74. The Morgan fingerprint density at radius 3 is 2.59 bits per heavy atom. The summed E-state index contributed by atoms with van der Waals surface area (Å²) < 4.78 is 7.13. The van der Waals surface area contributed by atoms with Crippen LogP contribution in [0.15, 0.2) is 36.4 Å². The van der Waals surface area contributed by atoms with Gasteiger partial charge in [0.2, 0.25) is 0 Å². The number of hydrogen-bond acceptors (Lipinski definition) is 1. The normalized spacial score (nSPS) is 20.1. The van der Waals surface area contributed by atoms with Gasteiger partial charge in [0.15, 0.2) is 0 Å². The van der Waals surface area contributed by atoms with Crippen LogP contribution >= 0.6 is 0 Å². The molecule has 1 aliphatic heterocycles. The van der Waals surface area contributed by atoms with Crippen molar-refractivity contribution in [3.05, 3.63) is 47.3 Å². The van der Waals surface area contributed by atoms with E-state index in [1.54, 1.807) is 0 Å². The first-order valence-corrected chi connectivity index (χ1v) is 11.5.